The summed E-state index contributed by atoms with van der Waals surface area (Å²) in [5.41, 5.74) is 5.24. The van der Waals surface area contributed by atoms with E-state index < -0.39 is 0 Å². The number of halogens is 1. The van der Waals surface area contributed by atoms with E-state index in [1.165, 1.54) is 27.7 Å². The predicted molar refractivity (Wildman–Crippen MR) is 107 cm³/mol. The van der Waals surface area contributed by atoms with E-state index in [4.69, 9.17) is 11.6 Å². The van der Waals surface area contributed by atoms with Crippen molar-refractivity contribution in [3.05, 3.63) is 64.3 Å². The fraction of sp³-hybridized carbons (Fsp3) is 0.364. The van der Waals surface area contributed by atoms with E-state index in [0.29, 0.717) is 11.7 Å². The summed E-state index contributed by atoms with van der Waals surface area (Å²) in [6, 6.07) is 13.9. The Morgan fingerprint density at radius 2 is 1.84 bits per heavy atom. The van der Waals surface area contributed by atoms with Crippen molar-refractivity contribution in [1.29, 1.82) is 0 Å². The average Bonchev–Trinajstić information content (AvgIpc) is 2.86. The normalized spacial score (nSPS) is 12.6. The Hall–Kier alpha value is -1.93. The first kappa shape index (κ1) is 17.9. The lowest BCUT2D eigenvalue weighted by Crippen LogP contribution is -2.02. The molecule has 2 nitrogen and oxygen atoms in total. The fourth-order valence-electron chi connectivity index (χ4n) is 3.81. The van der Waals surface area contributed by atoms with Crippen molar-refractivity contribution in [1.82, 2.24) is 4.57 Å². The van der Waals surface area contributed by atoms with Crippen LogP contribution in [0.3, 0.4) is 0 Å². The molecule has 0 amide bonds. The summed E-state index contributed by atoms with van der Waals surface area (Å²) in [7, 11) is 0. The second kappa shape index (κ2) is 7.53. The van der Waals surface area contributed by atoms with Crippen LogP contribution in [-0.2, 0) is 13.0 Å². The van der Waals surface area contributed by atoms with Crippen LogP contribution >= 0.6 is 11.6 Å². The quantitative estimate of drug-likeness (QED) is 0.539. The highest BCUT2D eigenvalue weighted by Gasteiger charge is 2.19. The minimum atomic E-state index is 0.340. The molecule has 3 rings (SSSR count). The summed E-state index contributed by atoms with van der Waals surface area (Å²) in [6.45, 7) is 7.71. The molecule has 0 spiro atoms. The van der Waals surface area contributed by atoms with Gasteiger partial charge in [-0.2, -0.15) is 0 Å². The molecule has 1 unspecified atom stereocenters. The molecule has 0 aliphatic carbocycles. The van der Waals surface area contributed by atoms with Crippen LogP contribution in [0.5, 0.6) is 5.75 Å². The molecule has 1 atom stereocenters. The van der Waals surface area contributed by atoms with E-state index in [0.717, 1.165) is 30.8 Å². The SMILES string of the molecule is CCCn1c(C)c(C(C)CCc2ccc(Cl)cc2)c2cc(O)ccc21. The first-order valence-corrected chi connectivity index (χ1v) is 9.45. The van der Waals surface area contributed by atoms with Gasteiger partial charge in [-0.1, -0.05) is 37.6 Å². The van der Waals surface area contributed by atoms with Crippen molar-refractivity contribution in [2.75, 3.05) is 0 Å². The third-order valence-corrected chi connectivity index (χ3v) is 5.33. The highest BCUT2D eigenvalue weighted by molar-refractivity contribution is 6.30. The van der Waals surface area contributed by atoms with E-state index in [-0.39, 0.29) is 0 Å². The number of aromatic nitrogens is 1. The third-order valence-electron chi connectivity index (χ3n) is 5.08. The zero-order valence-electron chi connectivity index (χ0n) is 15.2. The van der Waals surface area contributed by atoms with Gasteiger partial charge in [-0.15, -0.1) is 0 Å². The predicted octanol–water partition coefficient (Wildman–Crippen LogP) is 6.46. The van der Waals surface area contributed by atoms with Gasteiger partial charge in [0.1, 0.15) is 5.75 Å². The van der Waals surface area contributed by atoms with Crippen LogP contribution in [0.2, 0.25) is 5.02 Å². The minimum absolute atomic E-state index is 0.340. The molecule has 0 saturated heterocycles. The van der Waals surface area contributed by atoms with Gasteiger partial charge in [-0.05, 0) is 73.6 Å². The van der Waals surface area contributed by atoms with Gasteiger partial charge in [0, 0.05) is 28.2 Å². The summed E-state index contributed by atoms with van der Waals surface area (Å²) in [5.74, 6) is 0.769. The Labute approximate surface area is 155 Å². The first-order chi connectivity index (χ1) is 12.0. The van der Waals surface area contributed by atoms with Crippen molar-refractivity contribution in [2.45, 2.75) is 52.5 Å². The molecule has 0 saturated carbocycles. The van der Waals surface area contributed by atoms with Crippen LogP contribution in [0, 0.1) is 6.92 Å². The largest absolute Gasteiger partial charge is 0.508 e. The number of phenols is 1. The molecule has 3 aromatic rings. The smallest absolute Gasteiger partial charge is 0.116 e. The molecule has 25 heavy (non-hydrogen) atoms. The second-order valence-corrected chi connectivity index (χ2v) is 7.35. The van der Waals surface area contributed by atoms with Gasteiger partial charge in [0.15, 0.2) is 0 Å². The summed E-state index contributed by atoms with van der Waals surface area (Å²) >= 11 is 5.98. The number of rotatable bonds is 6. The summed E-state index contributed by atoms with van der Waals surface area (Å²) < 4.78 is 2.39. The molecular weight excluding hydrogens is 330 g/mol. The minimum Gasteiger partial charge on any atom is -0.508 e. The van der Waals surface area contributed by atoms with Crippen LogP contribution in [0.15, 0.2) is 42.5 Å². The number of benzene rings is 2. The van der Waals surface area contributed by atoms with Crippen LogP contribution in [0.4, 0.5) is 0 Å². The van der Waals surface area contributed by atoms with Crippen LogP contribution in [-0.4, -0.2) is 9.67 Å². The maximum absolute atomic E-state index is 9.98. The zero-order valence-corrected chi connectivity index (χ0v) is 16.0. The highest BCUT2D eigenvalue weighted by Crippen LogP contribution is 2.36. The van der Waals surface area contributed by atoms with Crippen LogP contribution < -0.4 is 0 Å². The number of aromatic hydroxyl groups is 1. The van der Waals surface area contributed by atoms with Crippen molar-refractivity contribution in [2.24, 2.45) is 0 Å². The summed E-state index contributed by atoms with van der Waals surface area (Å²) in [5, 5.41) is 12.0. The van der Waals surface area contributed by atoms with E-state index in [1.54, 1.807) is 6.07 Å². The standard InChI is InChI=1S/C22H26ClNO/c1-4-13-24-16(3)22(20-14-19(25)11-12-21(20)24)15(2)5-6-17-7-9-18(23)10-8-17/h7-12,14-15,25H,4-6,13H2,1-3H3. The molecule has 132 valence electrons. The molecule has 1 heterocycles. The summed E-state index contributed by atoms with van der Waals surface area (Å²) in [6.07, 6.45) is 3.20. The van der Waals surface area contributed by atoms with Gasteiger partial charge in [0.25, 0.3) is 0 Å². The van der Waals surface area contributed by atoms with E-state index in [1.807, 2.05) is 24.3 Å². The molecule has 0 aliphatic heterocycles. The Balaban J connectivity index is 1.92. The number of aryl methyl sites for hydroxylation is 2. The van der Waals surface area contributed by atoms with Crippen molar-refractivity contribution >= 4 is 22.5 Å². The number of hydrogen-bond donors (Lipinski definition) is 1. The lowest BCUT2D eigenvalue weighted by Gasteiger charge is -2.14. The molecule has 1 aromatic heterocycles. The van der Waals surface area contributed by atoms with Gasteiger partial charge in [-0.25, -0.2) is 0 Å². The van der Waals surface area contributed by atoms with E-state index in [2.05, 4.69) is 37.5 Å². The number of nitrogens with zero attached hydrogens (tertiary/aromatic N) is 1. The first-order valence-electron chi connectivity index (χ1n) is 9.07. The van der Waals surface area contributed by atoms with E-state index >= 15 is 0 Å². The maximum Gasteiger partial charge on any atom is 0.116 e. The molecule has 0 aliphatic rings. The van der Waals surface area contributed by atoms with Crippen molar-refractivity contribution in [3.63, 3.8) is 0 Å². The lowest BCUT2D eigenvalue weighted by molar-refractivity contribution is 0.476. The monoisotopic (exact) mass is 355 g/mol. The molecule has 1 N–H and O–H groups in total. The Morgan fingerprint density at radius 3 is 2.52 bits per heavy atom. The summed E-state index contributed by atoms with van der Waals surface area (Å²) in [4.78, 5) is 0. The number of phenolic OH excluding ortho intramolecular Hbond substituents is 1. The lowest BCUT2D eigenvalue weighted by atomic mass is 9.92. The Kier molecular flexibility index (Phi) is 5.39. The van der Waals surface area contributed by atoms with Crippen LogP contribution in [0.25, 0.3) is 10.9 Å². The molecular formula is C22H26ClNO. The van der Waals surface area contributed by atoms with Gasteiger partial charge in [-0.3, -0.25) is 0 Å². The number of fused-ring (bicyclic) bond motifs is 1. The van der Waals surface area contributed by atoms with Gasteiger partial charge < -0.3 is 9.67 Å². The molecule has 0 fully saturated rings. The zero-order chi connectivity index (χ0) is 18.0. The molecule has 0 radical (unpaired) electrons. The Morgan fingerprint density at radius 1 is 1.12 bits per heavy atom. The van der Waals surface area contributed by atoms with Gasteiger partial charge in [0.2, 0.25) is 0 Å². The topological polar surface area (TPSA) is 25.2 Å². The molecule has 2 aromatic carbocycles. The Bertz CT molecular complexity index is 864. The average molecular weight is 356 g/mol. The van der Waals surface area contributed by atoms with E-state index in [9.17, 15) is 5.11 Å². The third kappa shape index (κ3) is 3.69. The van der Waals surface area contributed by atoms with Crippen molar-refractivity contribution < 1.29 is 5.11 Å². The fourth-order valence-corrected chi connectivity index (χ4v) is 3.93. The number of hydrogen-bond acceptors (Lipinski definition) is 1. The maximum atomic E-state index is 9.98. The van der Waals surface area contributed by atoms with Crippen molar-refractivity contribution in [3.8, 4) is 5.75 Å². The molecule has 3 heteroatoms. The highest BCUT2D eigenvalue weighted by atomic mass is 35.5. The van der Waals surface area contributed by atoms with Crippen LogP contribution in [0.1, 0.15) is 49.4 Å². The van der Waals surface area contributed by atoms with Gasteiger partial charge in [0.05, 0.1) is 0 Å². The second-order valence-electron chi connectivity index (χ2n) is 6.92. The van der Waals surface area contributed by atoms with Gasteiger partial charge >= 0.3 is 0 Å². The molecule has 0 bridgehead atoms.